The number of rotatable bonds is 7. The van der Waals surface area contributed by atoms with Crippen molar-refractivity contribution in [2.24, 2.45) is 4.99 Å². The van der Waals surface area contributed by atoms with Crippen LogP contribution in [-0.4, -0.2) is 23.6 Å². The Morgan fingerprint density at radius 2 is 1.86 bits per heavy atom. The number of halogens is 3. The van der Waals surface area contributed by atoms with Gasteiger partial charge in [0.15, 0.2) is 16.7 Å². The highest BCUT2D eigenvalue weighted by atomic mass is 79.9. The minimum Gasteiger partial charge on any atom is -0.490 e. The molecule has 36 heavy (non-hydrogen) atoms. The summed E-state index contributed by atoms with van der Waals surface area (Å²) in [6.07, 6.45) is 1.70. The normalized spacial score (nSPS) is 15.3. The van der Waals surface area contributed by atoms with Crippen molar-refractivity contribution in [3.63, 3.8) is 0 Å². The lowest BCUT2D eigenvalue weighted by atomic mass is 10.1. The van der Waals surface area contributed by atoms with Gasteiger partial charge in [-0.3, -0.25) is 9.59 Å². The summed E-state index contributed by atoms with van der Waals surface area (Å²) in [5.41, 5.74) is 2.00. The highest BCUT2D eigenvalue weighted by molar-refractivity contribution is 9.10. The second-order valence-electron chi connectivity index (χ2n) is 7.48. The van der Waals surface area contributed by atoms with Crippen molar-refractivity contribution in [3.05, 3.63) is 96.8 Å². The number of nitrogens with one attached hydrogen (secondary N) is 1. The molecule has 3 aromatic rings. The molecule has 1 N–H and O–H groups in total. The lowest BCUT2D eigenvalue weighted by Crippen LogP contribution is -2.20. The number of hydrogen-bond donors (Lipinski definition) is 1. The Kier molecular flexibility index (Phi) is 8.74. The maximum atomic E-state index is 12.5. The second kappa shape index (κ2) is 12.0. The fourth-order valence-corrected chi connectivity index (χ4v) is 4.97. The summed E-state index contributed by atoms with van der Waals surface area (Å²) in [7, 11) is 0. The topological polar surface area (TPSA) is 77.0 Å². The van der Waals surface area contributed by atoms with Gasteiger partial charge in [-0.25, -0.2) is 0 Å². The summed E-state index contributed by atoms with van der Waals surface area (Å²) in [4.78, 5) is 29.3. The van der Waals surface area contributed by atoms with Crippen molar-refractivity contribution in [1.82, 2.24) is 5.32 Å². The molecule has 1 aliphatic heterocycles. The minimum atomic E-state index is -0.474. The molecule has 1 aliphatic rings. The molecule has 10 heteroatoms. The molecule has 6 nitrogen and oxygen atoms in total. The van der Waals surface area contributed by atoms with E-state index in [-0.39, 0.29) is 11.1 Å². The molecule has 3 aromatic carbocycles. The maximum absolute atomic E-state index is 12.5. The molecular formula is C26H19BrCl2N2O4S. The van der Waals surface area contributed by atoms with Crippen LogP contribution >= 0.6 is 50.9 Å². The van der Waals surface area contributed by atoms with Gasteiger partial charge in [-0.05, 0) is 100 Å². The van der Waals surface area contributed by atoms with Gasteiger partial charge in [-0.2, -0.15) is 4.99 Å². The predicted octanol–water partition coefficient (Wildman–Crippen LogP) is 7.13. The Morgan fingerprint density at radius 3 is 2.58 bits per heavy atom. The van der Waals surface area contributed by atoms with E-state index in [0.29, 0.717) is 55.3 Å². The Morgan fingerprint density at radius 1 is 1.08 bits per heavy atom. The van der Waals surface area contributed by atoms with E-state index in [1.54, 1.807) is 42.5 Å². The number of nitrogens with zero attached hydrogens (tertiary/aromatic N) is 1. The average Bonchev–Trinajstić information content (AvgIpc) is 3.17. The zero-order chi connectivity index (χ0) is 25.7. The SMILES string of the molecule is CCOc1cc(/C=C2\SC(=NC(=O)c3ccc(Cl)cc3)NC2=O)cc(Br)c1OCc1cccc(Cl)c1. The highest BCUT2D eigenvalue weighted by Gasteiger charge is 2.25. The molecule has 0 unspecified atom stereocenters. The van der Waals surface area contributed by atoms with Crippen LogP contribution in [0.1, 0.15) is 28.4 Å². The third kappa shape index (κ3) is 6.70. The summed E-state index contributed by atoms with van der Waals surface area (Å²) in [6, 6.07) is 17.4. The van der Waals surface area contributed by atoms with Crippen LogP contribution in [0.25, 0.3) is 6.08 Å². The van der Waals surface area contributed by atoms with Gasteiger partial charge in [0, 0.05) is 15.6 Å². The Bertz CT molecular complexity index is 1380. The van der Waals surface area contributed by atoms with E-state index in [9.17, 15) is 9.59 Å². The van der Waals surface area contributed by atoms with Crippen molar-refractivity contribution in [2.45, 2.75) is 13.5 Å². The zero-order valence-corrected chi connectivity index (χ0v) is 22.8. The van der Waals surface area contributed by atoms with Crippen LogP contribution in [0.5, 0.6) is 11.5 Å². The molecule has 1 heterocycles. The summed E-state index contributed by atoms with van der Waals surface area (Å²) in [5, 5.41) is 3.98. The van der Waals surface area contributed by atoms with E-state index in [2.05, 4.69) is 26.2 Å². The molecule has 4 rings (SSSR count). The molecular weight excluding hydrogens is 587 g/mol. The molecule has 0 aliphatic carbocycles. The molecule has 0 saturated carbocycles. The number of thioether (sulfide) groups is 1. The fourth-order valence-electron chi connectivity index (χ4n) is 3.24. The third-order valence-electron chi connectivity index (χ3n) is 4.85. The van der Waals surface area contributed by atoms with Crippen molar-refractivity contribution in [2.75, 3.05) is 6.61 Å². The number of aliphatic imine (C=N–C) groups is 1. The van der Waals surface area contributed by atoms with Gasteiger partial charge in [0.2, 0.25) is 0 Å². The van der Waals surface area contributed by atoms with Crippen LogP contribution in [0, 0.1) is 0 Å². The van der Waals surface area contributed by atoms with Crippen molar-refractivity contribution in [3.8, 4) is 11.5 Å². The van der Waals surface area contributed by atoms with E-state index in [1.165, 1.54) is 0 Å². The molecule has 0 spiro atoms. The zero-order valence-electron chi connectivity index (χ0n) is 18.9. The maximum Gasteiger partial charge on any atom is 0.279 e. The first-order chi connectivity index (χ1) is 17.3. The van der Waals surface area contributed by atoms with Crippen LogP contribution < -0.4 is 14.8 Å². The van der Waals surface area contributed by atoms with Gasteiger partial charge in [0.1, 0.15) is 6.61 Å². The van der Waals surface area contributed by atoms with E-state index in [0.717, 1.165) is 17.3 Å². The van der Waals surface area contributed by atoms with Crippen molar-refractivity contribution < 1.29 is 19.1 Å². The van der Waals surface area contributed by atoms with E-state index >= 15 is 0 Å². The van der Waals surface area contributed by atoms with Crippen LogP contribution in [0.3, 0.4) is 0 Å². The quantitative estimate of drug-likeness (QED) is 0.290. The number of ether oxygens (including phenoxy) is 2. The number of hydrogen-bond acceptors (Lipinski definition) is 5. The number of amides is 2. The molecule has 2 amide bonds. The molecule has 0 atom stereocenters. The molecule has 184 valence electrons. The Hall–Kier alpha value is -2.78. The summed E-state index contributed by atoms with van der Waals surface area (Å²) in [5.74, 6) is 0.241. The van der Waals surface area contributed by atoms with Gasteiger partial charge < -0.3 is 14.8 Å². The smallest absolute Gasteiger partial charge is 0.279 e. The standard InChI is InChI=1S/C26H19BrCl2N2O4S/c1-2-34-21-12-16(11-20(27)23(21)35-14-15-4-3-5-19(29)10-15)13-22-25(33)31-26(36-22)30-24(32)17-6-8-18(28)9-7-17/h3-13H,2,14H2,1H3,(H,30,31,32,33)/b22-13-. The molecule has 0 bridgehead atoms. The molecule has 1 saturated heterocycles. The van der Waals surface area contributed by atoms with Crippen molar-refractivity contribution in [1.29, 1.82) is 0 Å². The fraction of sp³-hybridized carbons (Fsp3) is 0.115. The van der Waals surface area contributed by atoms with E-state index in [4.69, 9.17) is 32.7 Å². The van der Waals surface area contributed by atoms with Crippen molar-refractivity contribution >= 4 is 74.0 Å². The molecule has 0 radical (unpaired) electrons. The Balaban J connectivity index is 1.53. The van der Waals surface area contributed by atoms with Gasteiger partial charge in [-0.1, -0.05) is 35.3 Å². The average molecular weight is 606 g/mol. The molecule has 1 fully saturated rings. The van der Waals surface area contributed by atoms with E-state index < -0.39 is 5.91 Å². The number of benzene rings is 3. The summed E-state index contributed by atoms with van der Waals surface area (Å²) < 4.78 is 12.5. The van der Waals surface area contributed by atoms with Crippen LogP contribution in [-0.2, 0) is 11.4 Å². The van der Waals surface area contributed by atoms with Gasteiger partial charge >= 0.3 is 0 Å². The first kappa shape index (κ1) is 26.3. The number of carbonyl (C=O) groups excluding carboxylic acids is 2. The third-order valence-corrected chi connectivity index (χ3v) is 6.83. The van der Waals surface area contributed by atoms with Crippen LogP contribution in [0.4, 0.5) is 0 Å². The van der Waals surface area contributed by atoms with Gasteiger partial charge in [0.05, 0.1) is 16.0 Å². The first-order valence-electron chi connectivity index (χ1n) is 10.8. The first-order valence-corrected chi connectivity index (χ1v) is 13.1. The lowest BCUT2D eigenvalue weighted by molar-refractivity contribution is -0.115. The number of carbonyl (C=O) groups is 2. The monoisotopic (exact) mass is 604 g/mol. The predicted molar refractivity (Wildman–Crippen MR) is 148 cm³/mol. The van der Waals surface area contributed by atoms with Gasteiger partial charge in [0.25, 0.3) is 11.8 Å². The number of amidine groups is 1. The largest absolute Gasteiger partial charge is 0.490 e. The second-order valence-corrected chi connectivity index (χ2v) is 10.2. The van der Waals surface area contributed by atoms with Gasteiger partial charge in [-0.15, -0.1) is 0 Å². The van der Waals surface area contributed by atoms with E-state index in [1.807, 2.05) is 31.2 Å². The minimum absolute atomic E-state index is 0.205. The Labute approximate surface area is 230 Å². The molecule has 0 aromatic heterocycles. The highest BCUT2D eigenvalue weighted by Crippen LogP contribution is 2.39. The van der Waals surface area contributed by atoms with Crippen LogP contribution in [0.2, 0.25) is 10.0 Å². The summed E-state index contributed by atoms with van der Waals surface area (Å²) >= 11 is 16.6. The van der Waals surface area contributed by atoms with Crippen LogP contribution in [0.15, 0.2) is 75.0 Å². The summed E-state index contributed by atoms with van der Waals surface area (Å²) in [6.45, 7) is 2.61. The lowest BCUT2D eigenvalue weighted by Gasteiger charge is -2.15.